The molecule has 0 aliphatic carbocycles. The van der Waals surface area contributed by atoms with Gasteiger partial charge in [0.2, 0.25) is 0 Å². The molecule has 0 fully saturated rings. The molecule has 118 valence electrons. The Morgan fingerprint density at radius 2 is 2.14 bits per heavy atom. The maximum absolute atomic E-state index is 11.9. The van der Waals surface area contributed by atoms with E-state index in [1.165, 1.54) is 0 Å². The third-order valence-corrected chi connectivity index (χ3v) is 4.50. The summed E-state index contributed by atoms with van der Waals surface area (Å²) < 4.78 is 7.16. The Morgan fingerprint density at radius 1 is 1.36 bits per heavy atom. The molecule has 1 unspecified atom stereocenters. The monoisotopic (exact) mass is 318 g/mol. The summed E-state index contributed by atoms with van der Waals surface area (Å²) in [6.45, 7) is 4.37. The zero-order valence-electron chi connectivity index (χ0n) is 13.1. The van der Waals surface area contributed by atoms with Gasteiger partial charge in [0, 0.05) is 12.4 Å². The Morgan fingerprint density at radius 3 is 2.77 bits per heavy atom. The molecule has 1 heterocycles. The summed E-state index contributed by atoms with van der Waals surface area (Å²) in [6.07, 6.45) is 5.92. The van der Waals surface area contributed by atoms with E-state index in [1.54, 1.807) is 22.6 Å². The van der Waals surface area contributed by atoms with Gasteiger partial charge in [-0.15, -0.1) is 11.8 Å². The second-order valence-electron chi connectivity index (χ2n) is 5.09. The van der Waals surface area contributed by atoms with Crippen molar-refractivity contribution in [3.05, 3.63) is 48.3 Å². The van der Waals surface area contributed by atoms with E-state index in [1.807, 2.05) is 43.5 Å². The lowest BCUT2D eigenvalue weighted by molar-refractivity contribution is -0.143. The van der Waals surface area contributed by atoms with Crippen molar-refractivity contribution in [2.45, 2.75) is 38.5 Å². The Kier molecular flexibility index (Phi) is 6.52. The number of carbonyl (C=O) groups is 1. The minimum atomic E-state index is -0.141. The van der Waals surface area contributed by atoms with Gasteiger partial charge in [-0.25, -0.2) is 4.68 Å². The molecule has 1 aromatic heterocycles. The Balaban J connectivity index is 1.80. The van der Waals surface area contributed by atoms with Gasteiger partial charge < -0.3 is 4.74 Å². The number of aromatic nitrogens is 2. The van der Waals surface area contributed by atoms with E-state index in [-0.39, 0.29) is 11.2 Å². The average Bonchev–Trinajstić information content (AvgIpc) is 3.07. The van der Waals surface area contributed by atoms with Crippen molar-refractivity contribution in [3.8, 4) is 5.69 Å². The fourth-order valence-corrected chi connectivity index (χ4v) is 2.92. The summed E-state index contributed by atoms with van der Waals surface area (Å²) in [4.78, 5) is 11.9. The summed E-state index contributed by atoms with van der Waals surface area (Å²) in [6, 6.07) is 9.73. The standard InChI is InChI=1S/C17H22N2O2S/c1-3-4-12-22-14(2)17(20)21-13-15-6-8-16(9-7-15)19-11-5-10-18-19/h5-11,14H,3-4,12-13H2,1-2H3. The van der Waals surface area contributed by atoms with Crippen molar-refractivity contribution < 1.29 is 9.53 Å². The highest BCUT2D eigenvalue weighted by atomic mass is 32.2. The van der Waals surface area contributed by atoms with Gasteiger partial charge in [-0.3, -0.25) is 4.79 Å². The summed E-state index contributed by atoms with van der Waals surface area (Å²) in [5.41, 5.74) is 1.97. The lowest BCUT2D eigenvalue weighted by Crippen LogP contribution is -2.17. The van der Waals surface area contributed by atoms with E-state index < -0.39 is 0 Å². The molecule has 2 rings (SSSR count). The summed E-state index contributed by atoms with van der Waals surface area (Å²) in [7, 11) is 0. The zero-order valence-corrected chi connectivity index (χ0v) is 13.9. The quantitative estimate of drug-likeness (QED) is 0.548. The maximum atomic E-state index is 11.9. The molecule has 4 nitrogen and oxygen atoms in total. The van der Waals surface area contributed by atoms with Crippen LogP contribution in [-0.4, -0.2) is 26.8 Å². The van der Waals surface area contributed by atoms with Crippen molar-refractivity contribution in [2.75, 3.05) is 5.75 Å². The minimum absolute atomic E-state index is 0.102. The van der Waals surface area contributed by atoms with Crippen LogP contribution in [0.1, 0.15) is 32.3 Å². The van der Waals surface area contributed by atoms with Gasteiger partial charge in [-0.2, -0.15) is 5.10 Å². The van der Waals surface area contributed by atoms with Crippen LogP contribution in [0.15, 0.2) is 42.7 Å². The normalized spacial score (nSPS) is 12.1. The molecule has 0 N–H and O–H groups in total. The molecule has 0 aliphatic rings. The fourth-order valence-electron chi connectivity index (χ4n) is 1.91. The Labute approximate surface area is 135 Å². The number of rotatable bonds is 8. The van der Waals surface area contributed by atoms with Gasteiger partial charge in [-0.05, 0) is 42.9 Å². The molecular formula is C17H22N2O2S. The van der Waals surface area contributed by atoms with Crippen molar-refractivity contribution in [3.63, 3.8) is 0 Å². The number of hydrogen-bond acceptors (Lipinski definition) is 4. The van der Waals surface area contributed by atoms with E-state index in [0.29, 0.717) is 6.61 Å². The molecule has 0 bridgehead atoms. The average molecular weight is 318 g/mol. The van der Waals surface area contributed by atoms with Crippen LogP contribution in [0.3, 0.4) is 0 Å². The highest BCUT2D eigenvalue weighted by Crippen LogP contribution is 2.15. The number of ether oxygens (including phenoxy) is 1. The van der Waals surface area contributed by atoms with Crippen LogP contribution < -0.4 is 0 Å². The summed E-state index contributed by atoms with van der Waals surface area (Å²) in [5, 5.41) is 4.08. The maximum Gasteiger partial charge on any atom is 0.319 e. The SMILES string of the molecule is CCCCSC(C)C(=O)OCc1ccc(-n2cccn2)cc1. The second-order valence-corrected chi connectivity index (χ2v) is 6.54. The van der Waals surface area contributed by atoms with Crippen LogP contribution >= 0.6 is 11.8 Å². The molecule has 0 aliphatic heterocycles. The molecule has 22 heavy (non-hydrogen) atoms. The number of unbranched alkanes of at least 4 members (excludes halogenated alkanes) is 1. The predicted octanol–water partition coefficient (Wildman–Crippen LogP) is 3.84. The van der Waals surface area contributed by atoms with Crippen LogP contribution in [-0.2, 0) is 16.1 Å². The highest BCUT2D eigenvalue weighted by Gasteiger charge is 2.14. The van der Waals surface area contributed by atoms with Crippen molar-refractivity contribution >= 4 is 17.7 Å². The minimum Gasteiger partial charge on any atom is -0.460 e. The molecule has 0 spiro atoms. The lowest BCUT2D eigenvalue weighted by atomic mass is 10.2. The molecule has 0 radical (unpaired) electrons. The topological polar surface area (TPSA) is 44.1 Å². The first-order valence-electron chi connectivity index (χ1n) is 7.58. The van der Waals surface area contributed by atoms with E-state index in [4.69, 9.17) is 4.74 Å². The molecule has 0 saturated carbocycles. The van der Waals surface area contributed by atoms with Gasteiger partial charge in [0.1, 0.15) is 6.61 Å². The van der Waals surface area contributed by atoms with Gasteiger partial charge in [0.25, 0.3) is 0 Å². The van der Waals surface area contributed by atoms with Gasteiger partial charge in [0.15, 0.2) is 0 Å². The van der Waals surface area contributed by atoms with E-state index in [2.05, 4.69) is 12.0 Å². The smallest absolute Gasteiger partial charge is 0.319 e. The van der Waals surface area contributed by atoms with E-state index >= 15 is 0 Å². The molecule has 0 saturated heterocycles. The first-order valence-corrected chi connectivity index (χ1v) is 8.62. The Hall–Kier alpha value is -1.75. The van der Waals surface area contributed by atoms with Gasteiger partial charge in [0.05, 0.1) is 10.9 Å². The molecule has 1 aromatic carbocycles. The molecule has 2 aromatic rings. The van der Waals surface area contributed by atoms with Gasteiger partial charge >= 0.3 is 5.97 Å². The van der Waals surface area contributed by atoms with Crippen LogP contribution in [0, 0.1) is 0 Å². The highest BCUT2D eigenvalue weighted by molar-refractivity contribution is 8.00. The van der Waals surface area contributed by atoms with Crippen molar-refractivity contribution in [2.24, 2.45) is 0 Å². The number of thioether (sulfide) groups is 1. The summed E-state index contributed by atoms with van der Waals surface area (Å²) in [5.74, 6) is 0.864. The molecule has 5 heteroatoms. The number of carbonyl (C=O) groups excluding carboxylic acids is 1. The first kappa shape index (κ1) is 16.6. The first-order chi connectivity index (χ1) is 10.7. The zero-order chi connectivity index (χ0) is 15.8. The lowest BCUT2D eigenvalue weighted by Gasteiger charge is -2.11. The Bertz CT molecular complexity index is 567. The molecule has 0 amide bonds. The number of nitrogens with zero attached hydrogens (tertiary/aromatic N) is 2. The third-order valence-electron chi connectivity index (χ3n) is 3.28. The number of esters is 1. The van der Waals surface area contributed by atoms with Gasteiger partial charge in [-0.1, -0.05) is 25.5 Å². The van der Waals surface area contributed by atoms with Crippen LogP contribution in [0.4, 0.5) is 0 Å². The predicted molar refractivity (Wildman–Crippen MR) is 90.2 cm³/mol. The van der Waals surface area contributed by atoms with Crippen LogP contribution in [0.5, 0.6) is 0 Å². The second kappa shape index (κ2) is 8.63. The fraction of sp³-hybridized carbons (Fsp3) is 0.412. The third kappa shape index (κ3) is 4.91. The largest absolute Gasteiger partial charge is 0.460 e. The number of hydrogen-bond donors (Lipinski definition) is 0. The number of benzene rings is 1. The summed E-state index contributed by atoms with van der Waals surface area (Å²) >= 11 is 1.66. The van der Waals surface area contributed by atoms with Crippen molar-refractivity contribution in [1.82, 2.24) is 9.78 Å². The van der Waals surface area contributed by atoms with Crippen LogP contribution in [0.25, 0.3) is 5.69 Å². The van der Waals surface area contributed by atoms with E-state index in [0.717, 1.165) is 29.8 Å². The molecule has 1 atom stereocenters. The van der Waals surface area contributed by atoms with Crippen LogP contribution in [0.2, 0.25) is 0 Å². The van der Waals surface area contributed by atoms with Crippen molar-refractivity contribution in [1.29, 1.82) is 0 Å². The van der Waals surface area contributed by atoms with E-state index in [9.17, 15) is 4.79 Å². The molecular weight excluding hydrogens is 296 g/mol.